The molecule has 3 aliphatic rings. The van der Waals surface area contributed by atoms with E-state index in [1.54, 1.807) is 50.2 Å². The molecule has 19 nitrogen and oxygen atoms in total. The topological polar surface area (TPSA) is 290 Å². The lowest BCUT2D eigenvalue weighted by molar-refractivity contribution is -0.172. The lowest BCUT2D eigenvalue weighted by Gasteiger charge is -2.31. The van der Waals surface area contributed by atoms with Gasteiger partial charge in [0.2, 0.25) is 29.5 Å². The number of aromatic nitrogens is 2. The van der Waals surface area contributed by atoms with E-state index in [9.17, 15) is 43.5 Å². The van der Waals surface area contributed by atoms with E-state index in [2.05, 4.69) is 26.6 Å². The molecule has 0 bridgehead atoms. The number of nitrogens with zero attached hydrogens (tertiary/aromatic N) is 2. The average Bonchev–Trinajstić information content (AvgIpc) is 3.63. The minimum atomic E-state index is -2.06. The van der Waals surface area contributed by atoms with E-state index in [4.69, 9.17) is 20.6 Å². The molecule has 0 spiro atoms. The van der Waals surface area contributed by atoms with Crippen molar-refractivity contribution in [2.45, 2.75) is 82.8 Å². The molecule has 1 aliphatic carbocycles. The summed E-state index contributed by atoms with van der Waals surface area (Å²) in [6, 6.07) is 8.32. The number of amides is 5. The normalized spacial score (nSPS) is 17.9. The van der Waals surface area contributed by atoms with Crippen LogP contribution in [0.3, 0.4) is 0 Å². The molecular formula is C43H45FN8O11. The van der Waals surface area contributed by atoms with Gasteiger partial charge in [-0.3, -0.25) is 33.6 Å². The van der Waals surface area contributed by atoms with E-state index in [0.717, 1.165) is 0 Å². The number of carboxylic acid groups (broad SMARTS) is 1. The molecule has 63 heavy (non-hydrogen) atoms. The number of carbonyl (C=O) groups is 7. The molecule has 4 atom stereocenters. The second kappa shape index (κ2) is 17.7. The average molecular weight is 869 g/mol. The zero-order valence-electron chi connectivity index (χ0n) is 34.3. The molecule has 0 saturated heterocycles. The van der Waals surface area contributed by atoms with E-state index < -0.39 is 103 Å². The van der Waals surface area contributed by atoms with Crippen LogP contribution in [0, 0.1) is 12.7 Å². The molecular weight excluding hydrogens is 824 g/mol. The van der Waals surface area contributed by atoms with E-state index in [1.807, 2.05) is 0 Å². The van der Waals surface area contributed by atoms with Gasteiger partial charge in [-0.25, -0.2) is 14.2 Å². The van der Waals surface area contributed by atoms with Gasteiger partial charge in [-0.05, 0) is 54.5 Å². The summed E-state index contributed by atoms with van der Waals surface area (Å²) in [5.74, 6) is -6.38. The van der Waals surface area contributed by atoms with Crippen LogP contribution >= 0.6 is 0 Å². The van der Waals surface area contributed by atoms with Crippen LogP contribution in [0.25, 0.3) is 22.3 Å². The lowest BCUT2D eigenvalue weighted by Crippen LogP contribution is -2.52. The van der Waals surface area contributed by atoms with Crippen molar-refractivity contribution in [1.82, 2.24) is 36.1 Å². The fourth-order valence-electron chi connectivity index (χ4n) is 8.36. The number of nitrogens with two attached hydrogens (primary N) is 1. The third kappa shape index (κ3) is 8.71. The Hall–Kier alpha value is -7.06. The number of carboxylic acids is 1. The molecule has 330 valence electrons. The summed E-state index contributed by atoms with van der Waals surface area (Å²) >= 11 is 0. The van der Waals surface area contributed by atoms with Crippen molar-refractivity contribution in [3.05, 3.63) is 97.6 Å². The van der Waals surface area contributed by atoms with Crippen molar-refractivity contribution in [2.24, 2.45) is 5.73 Å². The Morgan fingerprint density at radius 1 is 0.968 bits per heavy atom. The Morgan fingerprint density at radius 3 is 2.38 bits per heavy atom. The number of aryl methyl sites for hydroxylation is 1. The minimum absolute atomic E-state index is 0.0151. The maximum Gasteiger partial charge on any atom is 0.343 e. The van der Waals surface area contributed by atoms with Crippen LogP contribution in [-0.2, 0) is 69.9 Å². The zero-order chi connectivity index (χ0) is 45.3. The predicted octanol–water partition coefficient (Wildman–Crippen LogP) is -0.491. The van der Waals surface area contributed by atoms with Crippen LogP contribution < -0.4 is 37.9 Å². The van der Waals surface area contributed by atoms with E-state index >= 15 is 4.39 Å². The minimum Gasteiger partial charge on any atom is -0.481 e. The van der Waals surface area contributed by atoms with Crippen LogP contribution in [0.4, 0.5) is 4.39 Å². The summed E-state index contributed by atoms with van der Waals surface area (Å²) < 4.78 is 22.0. The Morgan fingerprint density at radius 2 is 1.67 bits per heavy atom. The first-order valence-corrected chi connectivity index (χ1v) is 20.2. The Kier molecular flexibility index (Phi) is 12.4. The lowest BCUT2D eigenvalue weighted by atomic mass is 9.81. The first-order chi connectivity index (χ1) is 30.0. The second-order valence-electron chi connectivity index (χ2n) is 15.7. The Labute approximate surface area is 358 Å². The van der Waals surface area contributed by atoms with E-state index in [0.29, 0.717) is 62.9 Å². The smallest absolute Gasteiger partial charge is 0.343 e. The molecule has 2 aromatic heterocycles. The molecule has 0 unspecified atom stereocenters. The van der Waals surface area contributed by atoms with Crippen molar-refractivity contribution < 1.29 is 52.9 Å². The number of nitrogens with one attached hydrogen (secondary N) is 5. The standard InChI is InChI=1S/C43H45FN8O11/c1-3-43(62)25-12-31-38-23(18-52(31)41(60)24(25)19-63-42(43)61)37-28(10-9-22-20(2)26(44)13-29(51-38)36(22)37)49-34(55)17-48-40(59)30(11-21-7-5-4-6-8-21)50-33(54)16-46-32(53)15-47-39(58)27(45)14-35(56)57/h4-8,12-13,27-28,30,62H,3,9-11,14-19,45H2,1-2H3,(H,46,53)(H,47,58)(H,48,59)(H,49,55)(H,50,54)(H,56,57)/t27-,28-,30-,43-/m0/s1. The zero-order valence-corrected chi connectivity index (χ0v) is 34.3. The fraction of sp³-hybridized carbons (Fsp3) is 0.372. The number of rotatable bonds is 15. The number of hydrogen-bond acceptors (Lipinski definition) is 12. The SMILES string of the molecule is CC[C@@]1(O)C(=O)OCc2c1cc1n(c2=O)Cc2c-1nc1cc(F)c(C)c3c1c2[C@@H](NC(=O)CNC(=O)[C@H](Cc1ccccc1)NC(=O)CNC(=O)CNC(=O)[C@@H](N)CC(=O)O)CC3. The number of hydrogen-bond donors (Lipinski definition) is 8. The first-order valence-electron chi connectivity index (χ1n) is 20.2. The molecule has 20 heteroatoms. The maximum atomic E-state index is 15.4. The summed E-state index contributed by atoms with van der Waals surface area (Å²) in [4.78, 5) is 107. The third-order valence-electron chi connectivity index (χ3n) is 11.7. The summed E-state index contributed by atoms with van der Waals surface area (Å²) in [5.41, 5.74) is 7.14. The molecule has 0 fully saturated rings. The Bertz CT molecular complexity index is 2650. The Balaban J connectivity index is 1.07. The second-order valence-corrected chi connectivity index (χ2v) is 15.7. The number of fused-ring (bicyclic) bond motifs is 5. The number of aliphatic carboxylic acids is 1. The van der Waals surface area contributed by atoms with Gasteiger partial charge in [-0.15, -0.1) is 0 Å². The van der Waals surface area contributed by atoms with Crippen molar-refractivity contribution >= 4 is 52.4 Å². The van der Waals surface area contributed by atoms with Gasteiger partial charge in [0.15, 0.2) is 5.60 Å². The van der Waals surface area contributed by atoms with Gasteiger partial charge in [0.05, 0.1) is 67.2 Å². The summed E-state index contributed by atoms with van der Waals surface area (Å²) in [6.07, 6.45) is 0.0194. The van der Waals surface area contributed by atoms with Crippen molar-refractivity contribution in [2.75, 3.05) is 19.6 Å². The number of ether oxygens (including phenoxy) is 1. The highest BCUT2D eigenvalue weighted by Crippen LogP contribution is 2.46. The molecule has 0 saturated carbocycles. The molecule has 4 aromatic rings. The first kappa shape index (κ1) is 44.0. The number of halogens is 1. The number of cyclic esters (lactones) is 1. The summed E-state index contributed by atoms with van der Waals surface area (Å²) in [6.45, 7) is 1.27. The quantitative estimate of drug-likeness (QED) is 0.0618. The van der Waals surface area contributed by atoms with Gasteiger partial charge in [0, 0.05) is 29.0 Å². The van der Waals surface area contributed by atoms with Gasteiger partial charge in [0.1, 0.15) is 18.5 Å². The van der Waals surface area contributed by atoms with Gasteiger partial charge < -0.3 is 51.8 Å². The van der Waals surface area contributed by atoms with Crippen molar-refractivity contribution in [3.63, 3.8) is 0 Å². The number of carbonyl (C=O) groups excluding carboxylic acids is 6. The number of benzene rings is 2. The highest BCUT2D eigenvalue weighted by Gasteiger charge is 2.46. The summed E-state index contributed by atoms with van der Waals surface area (Å²) in [7, 11) is 0. The highest BCUT2D eigenvalue weighted by molar-refractivity contribution is 5.96. The monoisotopic (exact) mass is 868 g/mol. The number of pyridine rings is 2. The van der Waals surface area contributed by atoms with E-state index in [-0.39, 0.29) is 37.1 Å². The molecule has 5 amide bonds. The molecule has 2 aromatic carbocycles. The van der Waals surface area contributed by atoms with Crippen LogP contribution in [0.1, 0.15) is 71.2 Å². The van der Waals surface area contributed by atoms with Crippen LogP contribution in [-0.4, -0.2) is 93.0 Å². The van der Waals surface area contributed by atoms with Crippen LogP contribution in [0.5, 0.6) is 0 Å². The van der Waals surface area contributed by atoms with Gasteiger partial charge in [-0.1, -0.05) is 37.3 Å². The van der Waals surface area contributed by atoms with Gasteiger partial charge >= 0.3 is 11.9 Å². The maximum absolute atomic E-state index is 15.4. The summed E-state index contributed by atoms with van der Waals surface area (Å²) in [5, 5.41) is 33.4. The van der Waals surface area contributed by atoms with Crippen molar-refractivity contribution in [1.29, 1.82) is 0 Å². The number of esters is 1. The van der Waals surface area contributed by atoms with Crippen LogP contribution in [0.2, 0.25) is 0 Å². The molecule has 9 N–H and O–H groups in total. The molecule has 7 rings (SSSR count). The van der Waals surface area contributed by atoms with Gasteiger partial charge in [-0.2, -0.15) is 0 Å². The largest absolute Gasteiger partial charge is 0.481 e. The van der Waals surface area contributed by atoms with Crippen LogP contribution in [0.15, 0.2) is 47.3 Å². The molecule has 0 radical (unpaired) electrons. The predicted molar refractivity (Wildman–Crippen MR) is 220 cm³/mol. The van der Waals surface area contributed by atoms with E-state index in [1.165, 1.54) is 10.6 Å². The van der Waals surface area contributed by atoms with Gasteiger partial charge in [0.25, 0.3) is 5.56 Å². The fourth-order valence-corrected chi connectivity index (χ4v) is 8.36. The number of aliphatic hydroxyl groups is 1. The molecule has 4 heterocycles. The van der Waals surface area contributed by atoms with Crippen molar-refractivity contribution in [3.8, 4) is 11.4 Å². The molecule has 2 aliphatic heterocycles. The third-order valence-corrected chi connectivity index (χ3v) is 11.7. The highest BCUT2D eigenvalue weighted by atomic mass is 19.1.